The highest BCUT2D eigenvalue weighted by Crippen LogP contribution is 2.23. The molecule has 0 aromatic heterocycles. The summed E-state index contributed by atoms with van der Waals surface area (Å²) < 4.78 is 4.67. The summed E-state index contributed by atoms with van der Waals surface area (Å²) in [4.78, 5) is 22.9. The van der Waals surface area contributed by atoms with E-state index in [2.05, 4.69) is 4.74 Å². The molecule has 1 rings (SSSR count). The number of ether oxygens (including phenoxy) is 1. The third kappa shape index (κ3) is 2.20. The zero-order valence-electron chi connectivity index (χ0n) is 8.37. The van der Waals surface area contributed by atoms with Crippen LogP contribution in [0.3, 0.4) is 0 Å². The molecular formula is C10H14O4. The zero-order chi connectivity index (χ0) is 10.7. The van der Waals surface area contributed by atoms with E-state index in [4.69, 9.17) is 0 Å². The average Bonchev–Trinajstić information content (AvgIpc) is 2.01. The standard InChI is InChI=1S/C10H14O4/c1-6-3-7(11)10(8(12)4-6)9(13)5-14-2/h6,13H,3-5H2,1-2H3. The molecule has 4 heteroatoms. The van der Waals surface area contributed by atoms with Crippen LogP contribution < -0.4 is 0 Å². The van der Waals surface area contributed by atoms with Gasteiger partial charge in [0.2, 0.25) is 0 Å². The second kappa shape index (κ2) is 4.37. The van der Waals surface area contributed by atoms with Gasteiger partial charge in [0.1, 0.15) is 17.9 Å². The fourth-order valence-corrected chi connectivity index (χ4v) is 1.60. The minimum absolute atomic E-state index is 0.0649. The summed E-state index contributed by atoms with van der Waals surface area (Å²) in [5.41, 5.74) is -0.0649. The number of Topliss-reactive ketones (excluding diaryl/α,β-unsaturated/α-hetero) is 2. The lowest BCUT2D eigenvalue weighted by molar-refractivity contribution is -0.125. The van der Waals surface area contributed by atoms with Crippen molar-refractivity contribution in [2.45, 2.75) is 19.8 Å². The first-order valence-electron chi connectivity index (χ1n) is 4.53. The predicted molar refractivity (Wildman–Crippen MR) is 49.9 cm³/mol. The Morgan fingerprint density at radius 2 is 1.93 bits per heavy atom. The average molecular weight is 198 g/mol. The summed E-state index contributed by atoms with van der Waals surface area (Å²) in [6.07, 6.45) is 0.656. The number of aliphatic hydroxyl groups excluding tert-OH is 1. The molecule has 1 fully saturated rings. The van der Waals surface area contributed by atoms with Gasteiger partial charge >= 0.3 is 0 Å². The van der Waals surface area contributed by atoms with Gasteiger partial charge in [-0.2, -0.15) is 0 Å². The van der Waals surface area contributed by atoms with Crippen LogP contribution in [0, 0.1) is 5.92 Å². The quantitative estimate of drug-likeness (QED) is 0.408. The number of carbonyl (C=O) groups excluding carboxylic acids is 2. The largest absolute Gasteiger partial charge is 0.509 e. The van der Waals surface area contributed by atoms with Gasteiger partial charge in [0.25, 0.3) is 0 Å². The molecule has 0 heterocycles. The molecule has 0 unspecified atom stereocenters. The van der Waals surface area contributed by atoms with Crippen molar-refractivity contribution < 1.29 is 19.4 Å². The number of carbonyl (C=O) groups is 2. The summed E-state index contributed by atoms with van der Waals surface area (Å²) in [5, 5.41) is 9.41. The highest BCUT2D eigenvalue weighted by atomic mass is 16.5. The van der Waals surface area contributed by atoms with Crippen LogP contribution in [0.5, 0.6) is 0 Å². The summed E-state index contributed by atoms with van der Waals surface area (Å²) in [6, 6.07) is 0. The van der Waals surface area contributed by atoms with Gasteiger partial charge in [0.15, 0.2) is 11.6 Å². The van der Waals surface area contributed by atoms with Gasteiger partial charge in [0, 0.05) is 20.0 Å². The lowest BCUT2D eigenvalue weighted by Crippen LogP contribution is -2.26. The molecular weight excluding hydrogens is 184 g/mol. The van der Waals surface area contributed by atoms with E-state index in [1.165, 1.54) is 7.11 Å². The number of hydrogen-bond donors (Lipinski definition) is 1. The molecule has 0 aromatic carbocycles. The second-order valence-electron chi connectivity index (χ2n) is 3.61. The topological polar surface area (TPSA) is 63.6 Å². The maximum absolute atomic E-state index is 11.4. The van der Waals surface area contributed by atoms with Gasteiger partial charge in [-0.25, -0.2) is 0 Å². The molecule has 0 aliphatic heterocycles. The maximum atomic E-state index is 11.4. The van der Waals surface area contributed by atoms with Crippen LogP contribution in [0.25, 0.3) is 0 Å². The van der Waals surface area contributed by atoms with Crippen LogP contribution in [-0.2, 0) is 14.3 Å². The summed E-state index contributed by atoms with van der Waals surface area (Å²) in [6.45, 7) is 1.77. The van der Waals surface area contributed by atoms with Crippen molar-refractivity contribution in [1.29, 1.82) is 0 Å². The molecule has 4 nitrogen and oxygen atoms in total. The van der Waals surface area contributed by atoms with E-state index in [0.29, 0.717) is 12.8 Å². The van der Waals surface area contributed by atoms with Gasteiger partial charge in [-0.3, -0.25) is 9.59 Å². The summed E-state index contributed by atoms with van der Waals surface area (Å²) in [5.74, 6) is -0.713. The first-order valence-corrected chi connectivity index (χ1v) is 4.53. The maximum Gasteiger partial charge on any atom is 0.170 e. The molecule has 0 radical (unpaired) electrons. The molecule has 1 saturated carbocycles. The van der Waals surface area contributed by atoms with Crippen LogP contribution >= 0.6 is 0 Å². The predicted octanol–water partition coefficient (Wildman–Crippen LogP) is 1.01. The molecule has 0 spiro atoms. The number of ketones is 2. The first kappa shape index (κ1) is 10.9. The number of hydrogen-bond acceptors (Lipinski definition) is 4. The molecule has 0 atom stereocenters. The number of rotatable bonds is 2. The molecule has 0 amide bonds. The molecule has 0 saturated heterocycles. The molecule has 78 valence electrons. The fourth-order valence-electron chi connectivity index (χ4n) is 1.60. The van der Waals surface area contributed by atoms with Crippen molar-refractivity contribution >= 4 is 11.6 Å². The molecule has 14 heavy (non-hydrogen) atoms. The zero-order valence-corrected chi connectivity index (χ0v) is 8.37. The Hall–Kier alpha value is -1.16. The lowest BCUT2D eigenvalue weighted by Gasteiger charge is -2.18. The van der Waals surface area contributed by atoms with Crippen molar-refractivity contribution in [2.75, 3.05) is 13.7 Å². The van der Waals surface area contributed by atoms with Gasteiger partial charge < -0.3 is 9.84 Å². The van der Waals surface area contributed by atoms with Crippen molar-refractivity contribution in [3.63, 3.8) is 0 Å². The first-order chi connectivity index (χ1) is 6.56. The van der Waals surface area contributed by atoms with E-state index < -0.39 is 0 Å². The second-order valence-corrected chi connectivity index (χ2v) is 3.61. The Labute approximate surface area is 82.6 Å². The van der Waals surface area contributed by atoms with Gasteiger partial charge in [0.05, 0.1) is 0 Å². The molecule has 1 N–H and O–H groups in total. The molecule has 1 aliphatic rings. The monoisotopic (exact) mass is 198 g/mol. The molecule has 0 aromatic rings. The minimum Gasteiger partial charge on any atom is -0.509 e. The van der Waals surface area contributed by atoms with E-state index in [-0.39, 0.29) is 35.4 Å². The van der Waals surface area contributed by atoms with E-state index >= 15 is 0 Å². The number of methoxy groups -OCH3 is 1. The Morgan fingerprint density at radius 1 is 1.43 bits per heavy atom. The minimum atomic E-state index is -0.275. The van der Waals surface area contributed by atoms with Crippen molar-refractivity contribution in [3.8, 4) is 0 Å². The van der Waals surface area contributed by atoms with Crippen LogP contribution in [0.15, 0.2) is 11.3 Å². The van der Waals surface area contributed by atoms with Crippen LogP contribution in [0.2, 0.25) is 0 Å². The highest BCUT2D eigenvalue weighted by Gasteiger charge is 2.30. The Kier molecular flexibility index (Phi) is 3.41. The van der Waals surface area contributed by atoms with Crippen molar-refractivity contribution in [3.05, 3.63) is 11.3 Å². The number of aliphatic hydroxyl groups is 1. The van der Waals surface area contributed by atoms with E-state index in [1.54, 1.807) is 0 Å². The van der Waals surface area contributed by atoms with E-state index in [9.17, 15) is 14.7 Å². The molecule has 1 aliphatic carbocycles. The number of allylic oxidation sites excluding steroid dienone is 1. The third-order valence-electron chi connectivity index (χ3n) is 2.20. The Bertz CT molecular complexity index is 270. The third-order valence-corrected chi connectivity index (χ3v) is 2.20. The van der Waals surface area contributed by atoms with Crippen molar-refractivity contribution in [2.24, 2.45) is 5.92 Å². The SMILES string of the molecule is COCC(O)=C1C(=O)CC(C)CC1=O. The van der Waals surface area contributed by atoms with Crippen molar-refractivity contribution in [1.82, 2.24) is 0 Å². The van der Waals surface area contributed by atoms with Crippen LogP contribution in [-0.4, -0.2) is 30.4 Å². The van der Waals surface area contributed by atoms with Crippen LogP contribution in [0.1, 0.15) is 19.8 Å². The van der Waals surface area contributed by atoms with E-state index in [1.807, 2.05) is 6.92 Å². The molecule has 0 bridgehead atoms. The van der Waals surface area contributed by atoms with Gasteiger partial charge in [-0.15, -0.1) is 0 Å². The normalized spacial score (nSPS) is 22.7. The Morgan fingerprint density at radius 3 is 2.36 bits per heavy atom. The highest BCUT2D eigenvalue weighted by molar-refractivity contribution is 6.22. The van der Waals surface area contributed by atoms with Gasteiger partial charge in [-0.1, -0.05) is 6.92 Å². The smallest absolute Gasteiger partial charge is 0.170 e. The van der Waals surface area contributed by atoms with E-state index in [0.717, 1.165) is 0 Å². The fraction of sp³-hybridized carbons (Fsp3) is 0.600. The summed E-state index contributed by atoms with van der Waals surface area (Å²) >= 11 is 0. The van der Waals surface area contributed by atoms with Gasteiger partial charge in [-0.05, 0) is 5.92 Å². The Balaban J connectivity index is 2.92. The van der Waals surface area contributed by atoms with Crippen LogP contribution in [0.4, 0.5) is 0 Å². The summed E-state index contributed by atoms with van der Waals surface area (Å²) in [7, 11) is 1.40. The lowest BCUT2D eigenvalue weighted by atomic mass is 9.84.